The summed E-state index contributed by atoms with van der Waals surface area (Å²) in [6.07, 6.45) is 4.45. The summed E-state index contributed by atoms with van der Waals surface area (Å²) in [5, 5.41) is 31.6. The van der Waals surface area contributed by atoms with E-state index in [0.717, 1.165) is 32.1 Å². The quantitative estimate of drug-likeness (QED) is 0.569. The van der Waals surface area contributed by atoms with E-state index in [-0.39, 0.29) is 5.92 Å². The van der Waals surface area contributed by atoms with E-state index in [1.54, 1.807) is 0 Å². The summed E-state index contributed by atoms with van der Waals surface area (Å²) in [6, 6.07) is 2.52. The summed E-state index contributed by atoms with van der Waals surface area (Å²) in [4.78, 5) is 20.4. The third-order valence-corrected chi connectivity index (χ3v) is 3.50. The molecule has 0 saturated heterocycles. The Morgan fingerprint density at radius 3 is 1.95 bits per heavy atom. The maximum Gasteiger partial charge on any atom is 0.318 e. The summed E-state index contributed by atoms with van der Waals surface area (Å²) in [5.41, 5.74) is -0.643. The second-order valence-electron chi connectivity index (χ2n) is 5.05. The number of hydrogen-bond donors (Lipinski definition) is 1. The number of aromatic hydroxyl groups is 1. The van der Waals surface area contributed by atoms with Gasteiger partial charge in [-0.25, -0.2) is 0 Å². The second-order valence-corrected chi connectivity index (χ2v) is 5.05. The first-order valence-corrected chi connectivity index (χ1v) is 7.08. The molecule has 1 atom stereocenters. The maximum atomic E-state index is 11.0. The molecule has 1 rings (SSSR count). The fourth-order valence-corrected chi connectivity index (χ4v) is 2.42. The van der Waals surface area contributed by atoms with Gasteiger partial charge in [0.2, 0.25) is 0 Å². The summed E-state index contributed by atoms with van der Waals surface area (Å²) < 4.78 is 0. The van der Waals surface area contributed by atoms with Crippen LogP contribution in [0.3, 0.4) is 0 Å². The van der Waals surface area contributed by atoms with Crippen LogP contribution in [-0.2, 0) is 0 Å². The van der Waals surface area contributed by atoms with Crippen LogP contribution in [0, 0.1) is 20.2 Å². The van der Waals surface area contributed by atoms with Gasteiger partial charge in [0.1, 0.15) is 0 Å². The summed E-state index contributed by atoms with van der Waals surface area (Å²) in [7, 11) is 0. The van der Waals surface area contributed by atoms with Crippen LogP contribution in [0.5, 0.6) is 5.75 Å². The summed E-state index contributed by atoms with van der Waals surface area (Å²) in [5.74, 6) is -0.840. The standard InChI is InChI=1S/C14H20N2O5/c1-3-5-7-10(6-4-2)11-8-12(15(18)19)14(17)13(9-11)16(20)21/h8-10,17H,3-7H2,1-2H3. The van der Waals surface area contributed by atoms with Crippen molar-refractivity contribution < 1.29 is 15.0 Å². The molecule has 0 spiro atoms. The van der Waals surface area contributed by atoms with E-state index in [0.29, 0.717) is 5.56 Å². The molecule has 0 aromatic heterocycles. The molecule has 1 unspecified atom stereocenters. The van der Waals surface area contributed by atoms with Gasteiger partial charge in [-0.05, 0) is 24.3 Å². The van der Waals surface area contributed by atoms with E-state index in [1.165, 1.54) is 12.1 Å². The minimum absolute atomic E-state index is 0.0351. The van der Waals surface area contributed by atoms with Gasteiger partial charge in [0.25, 0.3) is 5.75 Å². The van der Waals surface area contributed by atoms with Crippen molar-refractivity contribution in [2.24, 2.45) is 0 Å². The zero-order chi connectivity index (χ0) is 16.0. The van der Waals surface area contributed by atoms with Gasteiger partial charge >= 0.3 is 11.4 Å². The predicted molar refractivity (Wildman–Crippen MR) is 78.6 cm³/mol. The highest BCUT2D eigenvalue weighted by atomic mass is 16.6. The van der Waals surface area contributed by atoms with E-state index < -0.39 is 27.0 Å². The molecule has 1 aromatic carbocycles. The molecule has 0 aliphatic rings. The number of benzene rings is 1. The average molecular weight is 296 g/mol. The maximum absolute atomic E-state index is 11.0. The van der Waals surface area contributed by atoms with E-state index in [4.69, 9.17) is 0 Å². The molecule has 0 amide bonds. The van der Waals surface area contributed by atoms with Gasteiger partial charge in [-0.15, -0.1) is 0 Å². The number of rotatable bonds is 8. The Hall–Kier alpha value is -2.18. The molecule has 0 saturated carbocycles. The van der Waals surface area contributed by atoms with Crippen LogP contribution in [0.4, 0.5) is 11.4 Å². The van der Waals surface area contributed by atoms with Crippen molar-refractivity contribution in [2.75, 3.05) is 0 Å². The van der Waals surface area contributed by atoms with Crippen LogP contribution in [-0.4, -0.2) is 15.0 Å². The Morgan fingerprint density at radius 1 is 1.05 bits per heavy atom. The van der Waals surface area contributed by atoms with Crippen molar-refractivity contribution in [2.45, 2.75) is 51.9 Å². The average Bonchev–Trinajstić information content (AvgIpc) is 2.43. The molecule has 116 valence electrons. The molecule has 0 bridgehead atoms. The fourth-order valence-electron chi connectivity index (χ4n) is 2.42. The number of nitro benzene ring substituents is 2. The Kier molecular flexibility index (Phi) is 6.08. The molecule has 0 aliphatic heterocycles. The number of phenolic OH excluding ortho intramolecular Hbond substituents is 1. The Morgan fingerprint density at radius 2 is 1.57 bits per heavy atom. The molecule has 0 heterocycles. The second kappa shape index (κ2) is 7.56. The molecule has 1 N–H and O–H groups in total. The topological polar surface area (TPSA) is 107 Å². The van der Waals surface area contributed by atoms with Gasteiger partial charge in [0.15, 0.2) is 0 Å². The normalized spacial score (nSPS) is 12.1. The van der Waals surface area contributed by atoms with Crippen LogP contribution < -0.4 is 0 Å². The third kappa shape index (κ3) is 4.14. The van der Waals surface area contributed by atoms with Crippen LogP contribution in [0.1, 0.15) is 57.4 Å². The fraction of sp³-hybridized carbons (Fsp3) is 0.571. The Labute approximate surface area is 122 Å². The van der Waals surface area contributed by atoms with Crippen molar-refractivity contribution in [3.05, 3.63) is 37.9 Å². The zero-order valence-electron chi connectivity index (χ0n) is 12.2. The first-order chi connectivity index (χ1) is 9.92. The number of hydrogen-bond acceptors (Lipinski definition) is 5. The van der Waals surface area contributed by atoms with Gasteiger partial charge in [0.05, 0.1) is 9.85 Å². The molecule has 21 heavy (non-hydrogen) atoms. The Bertz CT molecular complexity index is 495. The minimum Gasteiger partial charge on any atom is -0.497 e. The molecular formula is C14H20N2O5. The number of phenols is 1. The predicted octanol–water partition coefficient (Wildman–Crippen LogP) is 4.28. The van der Waals surface area contributed by atoms with Crippen LogP contribution in [0.15, 0.2) is 12.1 Å². The molecule has 0 aliphatic carbocycles. The van der Waals surface area contributed by atoms with E-state index >= 15 is 0 Å². The molecule has 7 heteroatoms. The van der Waals surface area contributed by atoms with Gasteiger partial charge < -0.3 is 5.11 Å². The molecular weight excluding hydrogens is 276 g/mol. The van der Waals surface area contributed by atoms with Crippen LogP contribution in [0.2, 0.25) is 0 Å². The van der Waals surface area contributed by atoms with Crippen molar-refractivity contribution in [3.63, 3.8) is 0 Å². The van der Waals surface area contributed by atoms with Gasteiger partial charge in [-0.1, -0.05) is 33.1 Å². The van der Waals surface area contributed by atoms with Crippen molar-refractivity contribution >= 4 is 11.4 Å². The van der Waals surface area contributed by atoms with Gasteiger partial charge in [-0.3, -0.25) is 20.2 Å². The van der Waals surface area contributed by atoms with Gasteiger partial charge in [-0.2, -0.15) is 0 Å². The lowest BCUT2D eigenvalue weighted by Crippen LogP contribution is -2.02. The third-order valence-electron chi connectivity index (χ3n) is 3.50. The minimum atomic E-state index is -0.875. The van der Waals surface area contributed by atoms with Crippen molar-refractivity contribution in [1.29, 1.82) is 0 Å². The first-order valence-electron chi connectivity index (χ1n) is 7.08. The molecule has 7 nitrogen and oxygen atoms in total. The molecule has 0 radical (unpaired) electrons. The summed E-state index contributed by atoms with van der Waals surface area (Å²) in [6.45, 7) is 4.05. The van der Waals surface area contributed by atoms with E-state index in [9.17, 15) is 25.3 Å². The lowest BCUT2D eigenvalue weighted by Gasteiger charge is -2.16. The molecule has 0 fully saturated rings. The van der Waals surface area contributed by atoms with E-state index in [1.807, 2.05) is 13.8 Å². The lowest BCUT2D eigenvalue weighted by molar-refractivity contribution is -0.396. The number of unbranched alkanes of at least 4 members (excludes halogenated alkanes) is 1. The largest absolute Gasteiger partial charge is 0.497 e. The highest BCUT2D eigenvalue weighted by Gasteiger charge is 2.28. The van der Waals surface area contributed by atoms with Crippen LogP contribution in [0.25, 0.3) is 0 Å². The smallest absolute Gasteiger partial charge is 0.318 e. The number of nitro groups is 2. The lowest BCUT2D eigenvalue weighted by atomic mass is 9.89. The highest BCUT2D eigenvalue weighted by molar-refractivity contribution is 5.61. The highest BCUT2D eigenvalue weighted by Crippen LogP contribution is 2.40. The SMILES string of the molecule is CCCCC(CCC)c1cc([N+](=O)[O-])c(O)c([N+](=O)[O-])c1. The molecule has 1 aromatic rings. The van der Waals surface area contributed by atoms with E-state index in [2.05, 4.69) is 0 Å². The zero-order valence-corrected chi connectivity index (χ0v) is 12.2. The monoisotopic (exact) mass is 296 g/mol. The van der Waals surface area contributed by atoms with Crippen molar-refractivity contribution in [3.8, 4) is 5.75 Å². The van der Waals surface area contributed by atoms with Gasteiger partial charge in [0, 0.05) is 12.1 Å². The number of nitrogens with zero attached hydrogens (tertiary/aromatic N) is 2. The van der Waals surface area contributed by atoms with Crippen molar-refractivity contribution in [1.82, 2.24) is 0 Å². The first kappa shape index (κ1) is 16.9. The summed E-state index contributed by atoms with van der Waals surface area (Å²) >= 11 is 0. The Balaban J connectivity index is 3.32. The van der Waals surface area contributed by atoms with Crippen LogP contribution >= 0.6 is 0 Å².